The second-order valence-electron chi connectivity index (χ2n) is 6.50. The summed E-state index contributed by atoms with van der Waals surface area (Å²) in [6.45, 7) is 5.12. The van der Waals surface area contributed by atoms with Gasteiger partial charge in [-0.05, 0) is 25.0 Å². The third kappa shape index (κ3) is 4.15. The Hall–Kier alpha value is -2.78. The van der Waals surface area contributed by atoms with Gasteiger partial charge in [-0.15, -0.1) is 0 Å². The Morgan fingerprint density at radius 2 is 2.00 bits per heavy atom. The number of nitrogens with one attached hydrogen (secondary N) is 1. The first kappa shape index (κ1) is 19.0. The van der Waals surface area contributed by atoms with Crippen LogP contribution in [0.2, 0.25) is 0 Å². The van der Waals surface area contributed by atoms with Gasteiger partial charge in [0, 0.05) is 42.5 Å². The van der Waals surface area contributed by atoms with Crippen LogP contribution < -0.4 is 10.5 Å². The summed E-state index contributed by atoms with van der Waals surface area (Å²) in [6.07, 6.45) is 5.04. The Kier molecular flexibility index (Phi) is 5.24. The maximum absolute atomic E-state index is 12.6. The van der Waals surface area contributed by atoms with E-state index in [0.29, 0.717) is 17.3 Å². The number of carbonyl (C=O) groups excluding carboxylic acids is 1. The van der Waals surface area contributed by atoms with Gasteiger partial charge in [0.2, 0.25) is 10.0 Å². The van der Waals surface area contributed by atoms with Crippen molar-refractivity contribution in [1.29, 1.82) is 0 Å². The van der Waals surface area contributed by atoms with Crippen LogP contribution in [0.15, 0.2) is 47.8 Å². The molecule has 1 amide bonds. The van der Waals surface area contributed by atoms with Crippen molar-refractivity contribution in [3.8, 4) is 0 Å². The summed E-state index contributed by atoms with van der Waals surface area (Å²) < 4.78 is 25.6. The fraction of sp³-hybridized carbons (Fsp3) is 0.278. The number of pyridine rings is 1. The molecule has 27 heavy (non-hydrogen) atoms. The van der Waals surface area contributed by atoms with Gasteiger partial charge in [0.15, 0.2) is 0 Å². The average molecular weight is 387 g/mol. The summed E-state index contributed by atoms with van der Waals surface area (Å²) in [5.74, 6) is 0.734. The number of benzene rings is 1. The largest absolute Gasteiger partial charge is 0.350 e. The van der Waals surface area contributed by atoms with Crippen LogP contribution in [-0.2, 0) is 16.6 Å². The van der Waals surface area contributed by atoms with Crippen molar-refractivity contribution in [2.45, 2.75) is 25.3 Å². The first-order chi connectivity index (χ1) is 12.8. The van der Waals surface area contributed by atoms with E-state index < -0.39 is 10.0 Å². The molecule has 0 unspecified atom stereocenters. The zero-order chi connectivity index (χ0) is 19.6. The molecule has 0 bridgehead atoms. The molecule has 0 fully saturated rings. The molecule has 2 heterocycles. The van der Waals surface area contributed by atoms with E-state index >= 15 is 0 Å². The minimum absolute atomic E-state index is 0.0274. The fourth-order valence-corrected chi connectivity index (χ4v) is 3.71. The van der Waals surface area contributed by atoms with Crippen molar-refractivity contribution in [3.63, 3.8) is 0 Å². The minimum atomic E-state index is -3.90. The number of amides is 1. The van der Waals surface area contributed by atoms with Gasteiger partial charge in [0.1, 0.15) is 11.5 Å². The van der Waals surface area contributed by atoms with Gasteiger partial charge in [-0.25, -0.2) is 18.5 Å². The Morgan fingerprint density at radius 1 is 1.22 bits per heavy atom. The quantitative estimate of drug-likeness (QED) is 0.663. The summed E-state index contributed by atoms with van der Waals surface area (Å²) >= 11 is 0. The summed E-state index contributed by atoms with van der Waals surface area (Å²) in [4.78, 5) is 20.9. The lowest BCUT2D eigenvalue weighted by atomic mass is 10.1. The summed E-state index contributed by atoms with van der Waals surface area (Å²) in [5, 5.41) is 8.95. The van der Waals surface area contributed by atoms with Crippen LogP contribution in [0.1, 0.15) is 23.2 Å². The van der Waals surface area contributed by atoms with Crippen LogP contribution in [-0.4, -0.2) is 35.4 Å². The predicted molar refractivity (Wildman–Crippen MR) is 102 cm³/mol. The number of sulfonamides is 1. The molecule has 3 rings (SSSR count). The number of nitrogens with zero attached hydrogens (tertiary/aromatic N) is 3. The van der Waals surface area contributed by atoms with E-state index in [2.05, 4.69) is 15.3 Å². The maximum Gasteiger partial charge on any atom is 0.270 e. The third-order valence-corrected chi connectivity index (χ3v) is 5.30. The third-order valence-electron chi connectivity index (χ3n) is 4.33. The molecular weight excluding hydrogens is 366 g/mol. The van der Waals surface area contributed by atoms with E-state index in [0.717, 1.165) is 12.4 Å². The topological polar surface area (TPSA) is 120 Å². The van der Waals surface area contributed by atoms with E-state index in [4.69, 9.17) is 5.14 Å². The lowest BCUT2D eigenvalue weighted by Crippen LogP contribution is -2.30. The van der Waals surface area contributed by atoms with Crippen molar-refractivity contribution in [2.75, 3.05) is 6.54 Å². The monoisotopic (exact) mass is 387 g/mol. The standard InChI is InChI=1S/C18H21N5O3S/c1-12(11-23-9-8-20-13(23)2)10-22-18(24)17-15-4-3-5-16(27(19,25)26)14(15)6-7-21-17/h3-9,12H,10-11H2,1-2H3,(H,22,24)(H2,19,25,26)/t12-/m0/s1. The van der Waals surface area contributed by atoms with Gasteiger partial charge in [-0.1, -0.05) is 19.1 Å². The second kappa shape index (κ2) is 7.45. The molecule has 8 nitrogen and oxygen atoms in total. The fourth-order valence-electron chi connectivity index (χ4n) is 2.96. The first-order valence-electron chi connectivity index (χ1n) is 8.44. The molecule has 2 aromatic heterocycles. The molecule has 1 atom stereocenters. The highest BCUT2D eigenvalue weighted by Gasteiger charge is 2.18. The normalized spacial score (nSPS) is 12.9. The number of fused-ring (bicyclic) bond motifs is 1. The number of imidazole rings is 1. The number of aromatic nitrogens is 3. The van der Waals surface area contributed by atoms with Gasteiger partial charge < -0.3 is 9.88 Å². The number of carbonyl (C=O) groups is 1. The zero-order valence-corrected chi connectivity index (χ0v) is 15.9. The van der Waals surface area contributed by atoms with Crippen molar-refractivity contribution in [2.24, 2.45) is 11.1 Å². The van der Waals surface area contributed by atoms with Crippen LogP contribution in [0.25, 0.3) is 10.8 Å². The predicted octanol–water partition coefficient (Wildman–Crippen LogP) is 1.45. The average Bonchev–Trinajstić information content (AvgIpc) is 3.02. The van der Waals surface area contributed by atoms with Gasteiger partial charge in [-0.3, -0.25) is 9.78 Å². The Morgan fingerprint density at radius 3 is 2.67 bits per heavy atom. The Balaban J connectivity index is 1.79. The van der Waals surface area contributed by atoms with Crippen molar-refractivity contribution in [1.82, 2.24) is 19.9 Å². The smallest absolute Gasteiger partial charge is 0.270 e. The number of nitrogens with two attached hydrogens (primary N) is 1. The number of primary sulfonamides is 1. The Bertz CT molecular complexity index is 1090. The molecule has 0 radical (unpaired) electrons. The van der Waals surface area contributed by atoms with Crippen LogP contribution in [0.3, 0.4) is 0 Å². The number of aryl methyl sites for hydroxylation is 1. The molecule has 0 saturated heterocycles. The van der Waals surface area contributed by atoms with Crippen LogP contribution >= 0.6 is 0 Å². The van der Waals surface area contributed by atoms with E-state index in [9.17, 15) is 13.2 Å². The van der Waals surface area contributed by atoms with Gasteiger partial charge >= 0.3 is 0 Å². The highest BCUT2D eigenvalue weighted by atomic mass is 32.2. The van der Waals surface area contributed by atoms with Crippen LogP contribution in [0.4, 0.5) is 0 Å². The number of hydrogen-bond acceptors (Lipinski definition) is 5. The molecule has 9 heteroatoms. The van der Waals surface area contributed by atoms with Gasteiger partial charge in [0.25, 0.3) is 5.91 Å². The highest BCUT2D eigenvalue weighted by molar-refractivity contribution is 7.89. The summed E-state index contributed by atoms with van der Waals surface area (Å²) in [6, 6.07) is 6.15. The molecule has 3 N–H and O–H groups in total. The lowest BCUT2D eigenvalue weighted by molar-refractivity contribution is 0.0943. The zero-order valence-electron chi connectivity index (χ0n) is 15.1. The first-order valence-corrected chi connectivity index (χ1v) is 9.98. The highest BCUT2D eigenvalue weighted by Crippen LogP contribution is 2.23. The van der Waals surface area contributed by atoms with E-state index in [1.807, 2.05) is 24.6 Å². The molecule has 0 aliphatic heterocycles. The molecule has 3 aromatic rings. The summed E-state index contributed by atoms with van der Waals surface area (Å²) in [7, 11) is -3.90. The van der Waals surface area contributed by atoms with Gasteiger partial charge in [0.05, 0.1) is 4.90 Å². The van der Waals surface area contributed by atoms with E-state index in [-0.39, 0.29) is 22.4 Å². The molecular formula is C18H21N5O3S. The molecule has 142 valence electrons. The van der Waals surface area contributed by atoms with Crippen molar-refractivity contribution in [3.05, 3.63) is 54.4 Å². The molecule has 0 spiro atoms. The van der Waals surface area contributed by atoms with Crippen LogP contribution in [0.5, 0.6) is 0 Å². The number of hydrogen-bond donors (Lipinski definition) is 2. The van der Waals surface area contributed by atoms with Crippen molar-refractivity contribution >= 4 is 26.7 Å². The van der Waals surface area contributed by atoms with E-state index in [1.165, 1.54) is 18.3 Å². The maximum atomic E-state index is 12.6. The van der Waals surface area contributed by atoms with E-state index in [1.54, 1.807) is 18.3 Å². The van der Waals surface area contributed by atoms with Crippen LogP contribution in [0, 0.1) is 12.8 Å². The number of rotatable bonds is 6. The Labute approximate surface area is 157 Å². The minimum Gasteiger partial charge on any atom is -0.350 e. The SMILES string of the molecule is Cc1nccn1C[C@@H](C)CNC(=O)c1nccc2c(S(N)(=O)=O)cccc12. The lowest BCUT2D eigenvalue weighted by Gasteiger charge is -2.15. The molecule has 1 aromatic carbocycles. The second-order valence-corrected chi connectivity index (χ2v) is 8.03. The molecule has 0 aliphatic rings. The van der Waals surface area contributed by atoms with Crippen molar-refractivity contribution < 1.29 is 13.2 Å². The molecule has 0 saturated carbocycles. The van der Waals surface area contributed by atoms with Gasteiger partial charge in [-0.2, -0.15) is 0 Å². The molecule has 0 aliphatic carbocycles. The summed E-state index contributed by atoms with van der Waals surface area (Å²) in [5.41, 5.74) is 0.170.